The van der Waals surface area contributed by atoms with Crippen LogP contribution in [0.2, 0.25) is 0 Å². The molecule has 0 spiro atoms. The number of methoxy groups -OCH3 is 1. The molecule has 0 aromatic heterocycles. The Labute approximate surface area is 100.0 Å². The summed E-state index contributed by atoms with van der Waals surface area (Å²) in [6.45, 7) is 0. The molecular weight excluding hydrogens is 252 g/mol. The van der Waals surface area contributed by atoms with Crippen LogP contribution >= 0.6 is 15.9 Å². The summed E-state index contributed by atoms with van der Waals surface area (Å²) in [6.07, 6.45) is 6.10. The fourth-order valence-corrected chi connectivity index (χ4v) is 2.82. The van der Waals surface area contributed by atoms with Gasteiger partial charge in [0, 0.05) is 5.33 Å². The molecule has 2 heteroatoms. The van der Waals surface area contributed by atoms with Crippen LogP contribution in [0.1, 0.15) is 29.5 Å². The Bertz CT molecular complexity index is 347. The number of halogens is 1. The van der Waals surface area contributed by atoms with E-state index < -0.39 is 0 Å². The van der Waals surface area contributed by atoms with Gasteiger partial charge in [0.25, 0.3) is 0 Å². The Morgan fingerprint density at radius 1 is 1.27 bits per heavy atom. The Balaban J connectivity index is 2.42. The van der Waals surface area contributed by atoms with Crippen molar-refractivity contribution in [2.45, 2.75) is 32.1 Å². The first kappa shape index (κ1) is 11.0. The lowest BCUT2D eigenvalue weighted by molar-refractivity contribution is 0.401. The molecule has 0 amide bonds. The van der Waals surface area contributed by atoms with E-state index in [-0.39, 0.29) is 0 Å². The maximum absolute atomic E-state index is 5.58. The third kappa shape index (κ3) is 2.20. The van der Waals surface area contributed by atoms with Crippen LogP contribution < -0.4 is 4.74 Å². The molecule has 0 heterocycles. The SMILES string of the molecule is COc1c(CCBr)ccc2c1CCCC2. The van der Waals surface area contributed by atoms with Gasteiger partial charge in [0.15, 0.2) is 0 Å². The largest absolute Gasteiger partial charge is 0.496 e. The number of ether oxygens (including phenoxy) is 1. The molecule has 0 N–H and O–H groups in total. The summed E-state index contributed by atoms with van der Waals surface area (Å²) in [7, 11) is 1.79. The number of benzene rings is 1. The zero-order chi connectivity index (χ0) is 10.7. The first-order valence-electron chi connectivity index (χ1n) is 5.60. The molecule has 1 aromatic rings. The topological polar surface area (TPSA) is 9.23 Å². The van der Waals surface area contributed by atoms with Crippen LogP contribution in [-0.4, -0.2) is 12.4 Å². The minimum Gasteiger partial charge on any atom is -0.496 e. The smallest absolute Gasteiger partial charge is 0.125 e. The summed E-state index contributed by atoms with van der Waals surface area (Å²) in [5, 5.41) is 1.00. The van der Waals surface area contributed by atoms with Crippen molar-refractivity contribution < 1.29 is 4.74 Å². The highest BCUT2D eigenvalue weighted by Gasteiger charge is 2.16. The molecule has 15 heavy (non-hydrogen) atoms. The standard InChI is InChI=1S/C13H17BrO/c1-15-13-11(8-9-14)7-6-10-4-2-3-5-12(10)13/h6-7H,2-5,8-9H2,1H3. The van der Waals surface area contributed by atoms with Crippen molar-refractivity contribution in [2.75, 3.05) is 12.4 Å². The lowest BCUT2D eigenvalue weighted by Crippen LogP contribution is -2.07. The predicted octanol–water partition coefficient (Wildman–Crippen LogP) is 3.51. The second-order valence-corrected chi connectivity index (χ2v) is 4.83. The maximum Gasteiger partial charge on any atom is 0.125 e. The minimum atomic E-state index is 1.00. The summed E-state index contributed by atoms with van der Waals surface area (Å²) >= 11 is 3.49. The Morgan fingerprint density at radius 2 is 2.07 bits per heavy atom. The lowest BCUT2D eigenvalue weighted by Gasteiger charge is -2.21. The lowest BCUT2D eigenvalue weighted by atomic mass is 9.89. The van der Waals surface area contributed by atoms with Crippen molar-refractivity contribution >= 4 is 15.9 Å². The monoisotopic (exact) mass is 268 g/mol. The van der Waals surface area contributed by atoms with Gasteiger partial charge in [-0.3, -0.25) is 0 Å². The van der Waals surface area contributed by atoms with Gasteiger partial charge in [0.2, 0.25) is 0 Å². The van der Waals surface area contributed by atoms with E-state index in [4.69, 9.17) is 4.74 Å². The average Bonchev–Trinajstić information content (AvgIpc) is 2.29. The van der Waals surface area contributed by atoms with Crippen molar-refractivity contribution in [1.29, 1.82) is 0 Å². The van der Waals surface area contributed by atoms with E-state index in [0.717, 1.165) is 17.5 Å². The summed E-state index contributed by atoms with van der Waals surface area (Å²) in [6, 6.07) is 4.51. The van der Waals surface area contributed by atoms with Crippen LogP contribution in [-0.2, 0) is 19.3 Å². The highest BCUT2D eigenvalue weighted by molar-refractivity contribution is 9.09. The Hall–Kier alpha value is -0.500. The molecule has 1 aliphatic rings. The van der Waals surface area contributed by atoms with Crippen molar-refractivity contribution in [3.8, 4) is 5.75 Å². The number of hydrogen-bond acceptors (Lipinski definition) is 1. The number of fused-ring (bicyclic) bond motifs is 1. The zero-order valence-corrected chi connectivity index (χ0v) is 10.8. The van der Waals surface area contributed by atoms with Gasteiger partial charge in [-0.25, -0.2) is 0 Å². The van der Waals surface area contributed by atoms with Crippen molar-refractivity contribution in [3.05, 3.63) is 28.8 Å². The van der Waals surface area contributed by atoms with Gasteiger partial charge >= 0.3 is 0 Å². The van der Waals surface area contributed by atoms with Crippen LogP contribution in [0.15, 0.2) is 12.1 Å². The molecule has 0 bridgehead atoms. The molecule has 0 radical (unpaired) electrons. The molecule has 0 atom stereocenters. The molecule has 0 fully saturated rings. The second-order valence-electron chi connectivity index (χ2n) is 4.04. The molecule has 1 nitrogen and oxygen atoms in total. The molecule has 82 valence electrons. The van der Waals surface area contributed by atoms with E-state index in [1.54, 1.807) is 7.11 Å². The van der Waals surface area contributed by atoms with Gasteiger partial charge in [-0.15, -0.1) is 0 Å². The summed E-state index contributed by atoms with van der Waals surface area (Å²) in [5.74, 6) is 1.15. The number of aryl methyl sites for hydroxylation is 2. The second kappa shape index (κ2) is 5.02. The molecular formula is C13H17BrO. The van der Waals surface area contributed by atoms with Gasteiger partial charge in [0.05, 0.1) is 7.11 Å². The van der Waals surface area contributed by atoms with Crippen LogP contribution in [0, 0.1) is 0 Å². The van der Waals surface area contributed by atoms with E-state index in [1.165, 1.54) is 42.4 Å². The predicted molar refractivity (Wildman–Crippen MR) is 67.1 cm³/mol. The molecule has 1 aromatic carbocycles. The molecule has 1 aliphatic carbocycles. The zero-order valence-electron chi connectivity index (χ0n) is 9.18. The molecule has 0 saturated carbocycles. The fraction of sp³-hybridized carbons (Fsp3) is 0.538. The van der Waals surface area contributed by atoms with Crippen LogP contribution in [0.4, 0.5) is 0 Å². The molecule has 0 aliphatic heterocycles. The third-order valence-electron chi connectivity index (χ3n) is 3.13. The van der Waals surface area contributed by atoms with Crippen LogP contribution in [0.5, 0.6) is 5.75 Å². The Morgan fingerprint density at radius 3 is 2.80 bits per heavy atom. The third-order valence-corrected chi connectivity index (χ3v) is 3.53. The van der Waals surface area contributed by atoms with Gasteiger partial charge in [-0.2, -0.15) is 0 Å². The highest BCUT2D eigenvalue weighted by Crippen LogP contribution is 2.33. The summed E-state index contributed by atoms with van der Waals surface area (Å²) < 4.78 is 5.58. The maximum atomic E-state index is 5.58. The number of hydrogen-bond donors (Lipinski definition) is 0. The molecule has 0 saturated heterocycles. The van der Waals surface area contributed by atoms with E-state index in [9.17, 15) is 0 Å². The van der Waals surface area contributed by atoms with Crippen molar-refractivity contribution in [2.24, 2.45) is 0 Å². The number of alkyl halides is 1. The van der Waals surface area contributed by atoms with Crippen LogP contribution in [0.3, 0.4) is 0 Å². The first-order chi connectivity index (χ1) is 7.36. The van der Waals surface area contributed by atoms with Gasteiger partial charge in [-0.1, -0.05) is 28.1 Å². The average molecular weight is 269 g/mol. The summed E-state index contributed by atoms with van der Waals surface area (Å²) in [4.78, 5) is 0. The van der Waals surface area contributed by atoms with Crippen molar-refractivity contribution in [1.82, 2.24) is 0 Å². The van der Waals surface area contributed by atoms with Gasteiger partial charge in [-0.05, 0) is 48.8 Å². The van der Waals surface area contributed by atoms with Gasteiger partial charge < -0.3 is 4.74 Å². The Kier molecular flexibility index (Phi) is 3.68. The normalized spacial score (nSPS) is 14.8. The van der Waals surface area contributed by atoms with Crippen LogP contribution in [0.25, 0.3) is 0 Å². The quantitative estimate of drug-likeness (QED) is 0.763. The van der Waals surface area contributed by atoms with Crippen molar-refractivity contribution in [3.63, 3.8) is 0 Å². The fourth-order valence-electron chi connectivity index (χ4n) is 2.40. The molecule has 0 unspecified atom stereocenters. The van der Waals surface area contributed by atoms with E-state index in [1.807, 2.05) is 0 Å². The van der Waals surface area contributed by atoms with Gasteiger partial charge in [0.1, 0.15) is 5.75 Å². The van der Waals surface area contributed by atoms with E-state index in [2.05, 4.69) is 28.1 Å². The number of rotatable bonds is 3. The summed E-state index contributed by atoms with van der Waals surface area (Å²) in [5.41, 5.74) is 4.30. The first-order valence-corrected chi connectivity index (χ1v) is 6.72. The molecule has 2 rings (SSSR count). The minimum absolute atomic E-state index is 1.00. The highest BCUT2D eigenvalue weighted by atomic mass is 79.9. The van der Waals surface area contributed by atoms with E-state index >= 15 is 0 Å². The van der Waals surface area contributed by atoms with E-state index in [0.29, 0.717) is 0 Å².